The van der Waals surface area contributed by atoms with Crippen LogP contribution in [0.1, 0.15) is 36.1 Å². The maximum absolute atomic E-state index is 12.8. The van der Waals surface area contributed by atoms with E-state index in [9.17, 15) is 9.59 Å². The Morgan fingerprint density at radius 1 is 1.00 bits per heavy atom. The molecule has 28 heavy (non-hydrogen) atoms. The van der Waals surface area contributed by atoms with Crippen LogP contribution < -0.4 is 15.4 Å². The van der Waals surface area contributed by atoms with Crippen molar-refractivity contribution in [1.82, 2.24) is 5.32 Å². The average Bonchev–Trinajstić information content (AvgIpc) is 2.64. The summed E-state index contributed by atoms with van der Waals surface area (Å²) in [6.45, 7) is 9.63. The Hall–Kier alpha value is -2.82. The molecular weight excluding hydrogens is 352 g/mol. The second-order valence-electron chi connectivity index (χ2n) is 7.67. The van der Waals surface area contributed by atoms with Crippen LogP contribution in [0.2, 0.25) is 0 Å². The van der Waals surface area contributed by atoms with Gasteiger partial charge in [-0.15, -0.1) is 0 Å². The lowest BCUT2D eigenvalue weighted by atomic mass is 9.90. The minimum absolute atomic E-state index is 0.303. The molecule has 5 nitrogen and oxygen atoms in total. The van der Waals surface area contributed by atoms with Crippen molar-refractivity contribution < 1.29 is 14.3 Å². The summed E-state index contributed by atoms with van der Waals surface area (Å²) in [6, 6.07) is 11.7. The predicted molar refractivity (Wildman–Crippen MR) is 113 cm³/mol. The molecule has 0 aliphatic heterocycles. The minimum atomic E-state index is -1.19. The van der Waals surface area contributed by atoms with Gasteiger partial charge < -0.3 is 15.4 Å². The SMILES string of the molecule is COc1ccccc1CCNC(=O)C(C)(C)C(=O)Nc1c(C)cc(C)cc1C. The van der Waals surface area contributed by atoms with Crippen LogP contribution in [0, 0.1) is 26.2 Å². The number of aryl methyl sites for hydroxylation is 3. The monoisotopic (exact) mass is 382 g/mol. The average molecular weight is 383 g/mol. The molecule has 0 heterocycles. The van der Waals surface area contributed by atoms with Gasteiger partial charge in [0.25, 0.3) is 0 Å². The van der Waals surface area contributed by atoms with Crippen molar-refractivity contribution in [2.45, 2.75) is 41.0 Å². The van der Waals surface area contributed by atoms with Gasteiger partial charge >= 0.3 is 0 Å². The van der Waals surface area contributed by atoms with Crippen LogP contribution in [0.3, 0.4) is 0 Å². The number of anilines is 1. The van der Waals surface area contributed by atoms with E-state index in [1.165, 1.54) is 0 Å². The van der Waals surface area contributed by atoms with Gasteiger partial charge in [-0.25, -0.2) is 0 Å². The number of hydrogen-bond donors (Lipinski definition) is 2. The molecule has 0 atom stereocenters. The topological polar surface area (TPSA) is 67.4 Å². The Morgan fingerprint density at radius 2 is 1.61 bits per heavy atom. The number of hydrogen-bond acceptors (Lipinski definition) is 3. The third-order valence-corrected chi connectivity index (χ3v) is 4.92. The number of para-hydroxylation sites is 1. The lowest BCUT2D eigenvalue weighted by Crippen LogP contribution is -2.45. The lowest BCUT2D eigenvalue weighted by Gasteiger charge is -2.24. The summed E-state index contributed by atoms with van der Waals surface area (Å²) in [7, 11) is 1.62. The Morgan fingerprint density at radius 3 is 2.21 bits per heavy atom. The number of nitrogens with one attached hydrogen (secondary N) is 2. The summed E-state index contributed by atoms with van der Waals surface area (Å²) in [5.74, 6) is 0.165. The lowest BCUT2D eigenvalue weighted by molar-refractivity contribution is -0.138. The van der Waals surface area contributed by atoms with Gasteiger partial charge in [-0.1, -0.05) is 35.9 Å². The van der Waals surface area contributed by atoms with E-state index in [1.807, 2.05) is 57.2 Å². The summed E-state index contributed by atoms with van der Waals surface area (Å²) >= 11 is 0. The Balaban J connectivity index is 2.01. The molecule has 2 N–H and O–H groups in total. The highest BCUT2D eigenvalue weighted by Crippen LogP contribution is 2.25. The second-order valence-corrected chi connectivity index (χ2v) is 7.67. The largest absolute Gasteiger partial charge is 0.496 e. The molecule has 0 bridgehead atoms. The maximum atomic E-state index is 12.8. The Bertz CT molecular complexity index is 849. The van der Waals surface area contributed by atoms with Gasteiger partial charge in [0, 0.05) is 12.2 Å². The number of amides is 2. The number of ether oxygens (including phenoxy) is 1. The number of rotatable bonds is 7. The molecule has 2 rings (SSSR count). The van der Waals surface area contributed by atoms with E-state index in [-0.39, 0.29) is 11.8 Å². The van der Waals surface area contributed by atoms with E-state index in [1.54, 1.807) is 21.0 Å². The molecule has 0 aliphatic rings. The smallest absolute Gasteiger partial charge is 0.239 e. The first-order chi connectivity index (χ1) is 13.2. The summed E-state index contributed by atoms with van der Waals surface area (Å²) in [4.78, 5) is 25.5. The number of carbonyl (C=O) groups is 2. The van der Waals surface area contributed by atoms with E-state index in [0.717, 1.165) is 33.7 Å². The maximum Gasteiger partial charge on any atom is 0.239 e. The zero-order valence-corrected chi connectivity index (χ0v) is 17.6. The van der Waals surface area contributed by atoms with E-state index >= 15 is 0 Å². The highest BCUT2D eigenvalue weighted by molar-refractivity contribution is 6.10. The summed E-state index contributed by atoms with van der Waals surface area (Å²) in [5, 5.41) is 5.81. The van der Waals surface area contributed by atoms with Crippen LogP contribution >= 0.6 is 0 Å². The van der Waals surface area contributed by atoms with Gasteiger partial charge in [0.05, 0.1) is 7.11 Å². The molecular formula is C23H30N2O3. The van der Waals surface area contributed by atoms with Crippen molar-refractivity contribution in [1.29, 1.82) is 0 Å². The zero-order valence-electron chi connectivity index (χ0n) is 17.6. The van der Waals surface area contributed by atoms with Gasteiger partial charge in [-0.3, -0.25) is 9.59 Å². The highest BCUT2D eigenvalue weighted by Gasteiger charge is 2.36. The van der Waals surface area contributed by atoms with Gasteiger partial charge in [0.15, 0.2) is 0 Å². The van der Waals surface area contributed by atoms with E-state index in [4.69, 9.17) is 4.74 Å². The van der Waals surface area contributed by atoms with Gasteiger partial charge in [-0.2, -0.15) is 0 Å². The molecule has 0 spiro atoms. The quantitative estimate of drug-likeness (QED) is 0.713. The summed E-state index contributed by atoms with van der Waals surface area (Å²) in [6.07, 6.45) is 0.629. The van der Waals surface area contributed by atoms with E-state index in [0.29, 0.717) is 13.0 Å². The third kappa shape index (κ3) is 4.91. The first-order valence-corrected chi connectivity index (χ1v) is 9.46. The molecule has 0 unspecified atom stereocenters. The van der Waals surface area contributed by atoms with Crippen LogP contribution in [-0.4, -0.2) is 25.5 Å². The van der Waals surface area contributed by atoms with Crippen molar-refractivity contribution >= 4 is 17.5 Å². The van der Waals surface area contributed by atoms with E-state index < -0.39 is 5.41 Å². The van der Waals surface area contributed by atoms with Crippen LogP contribution in [0.25, 0.3) is 0 Å². The van der Waals surface area contributed by atoms with Crippen molar-refractivity contribution in [3.8, 4) is 5.75 Å². The summed E-state index contributed by atoms with van der Waals surface area (Å²) < 4.78 is 5.33. The third-order valence-electron chi connectivity index (χ3n) is 4.92. The summed E-state index contributed by atoms with van der Waals surface area (Å²) in [5.41, 5.74) is 3.70. The van der Waals surface area contributed by atoms with Gasteiger partial charge in [0.2, 0.25) is 11.8 Å². The molecule has 2 aromatic rings. The molecule has 0 fully saturated rings. The molecule has 0 aromatic heterocycles. The molecule has 0 saturated heterocycles. The van der Waals surface area contributed by atoms with Crippen LogP contribution in [0.4, 0.5) is 5.69 Å². The van der Waals surface area contributed by atoms with E-state index in [2.05, 4.69) is 10.6 Å². The van der Waals surface area contributed by atoms with Crippen molar-refractivity contribution in [2.24, 2.45) is 5.41 Å². The first-order valence-electron chi connectivity index (χ1n) is 9.46. The van der Waals surface area contributed by atoms with Crippen molar-refractivity contribution in [2.75, 3.05) is 19.0 Å². The Labute approximate surface area is 167 Å². The van der Waals surface area contributed by atoms with Gasteiger partial charge in [-0.05, 0) is 63.8 Å². The normalized spacial score (nSPS) is 11.1. The molecule has 0 aliphatic carbocycles. The predicted octanol–water partition coefficient (Wildman–Crippen LogP) is 3.94. The highest BCUT2D eigenvalue weighted by atomic mass is 16.5. The fourth-order valence-electron chi connectivity index (χ4n) is 3.19. The Kier molecular flexibility index (Phi) is 6.84. The molecule has 5 heteroatoms. The van der Waals surface area contributed by atoms with Crippen molar-refractivity contribution in [3.63, 3.8) is 0 Å². The molecule has 0 radical (unpaired) electrons. The minimum Gasteiger partial charge on any atom is -0.496 e. The standard InChI is InChI=1S/C23H30N2O3/c1-15-13-16(2)20(17(3)14-15)25-22(27)23(4,5)21(26)24-12-11-18-9-7-8-10-19(18)28-6/h7-10,13-14H,11-12H2,1-6H3,(H,24,26)(H,25,27). The first kappa shape index (κ1) is 21.5. The zero-order chi connectivity index (χ0) is 20.9. The fraction of sp³-hybridized carbons (Fsp3) is 0.391. The van der Waals surface area contributed by atoms with Gasteiger partial charge in [0.1, 0.15) is 11.2 Å². The number of benzene rings is 2. The number of methoxy groups -OCH3 is 1. The second kappa shape index (κ2) is 8.91. The van der Waals surface area contributed by atoms with Crippen LogP contribution in [0.15, 0.2) is 36.4 Å². The molecule has 0 saturated carbocycles. The molecule has 2 aromatic carbocycles. The number of carbonyl (C=O) groups excluding carboxylic acids is 2. The van der Waals surface area contributed by atoms with Crippen molar-refractivity contribution in [3.05, 3.63) is 58.7 Å². The fourth-order valence-corrected chi connectivity index (χ4v) is 3.19. The van der Waals surface area contributed by atoms with Crippen LogP contribution in [0.5, 0.6) is 5.75 Å². The molecule has 2 amide bonds. The molecule has 150 valence electrons. The van der Waals surface area contributed by atoms with Crippen LogP contribution in [-0.2, 0) is 16.0 Å².